The van der Waals surface area contributed by atoms with Crippen LogP contribution in [-0.2, 0) is 0 Å². The Morgan fingerprint density at radius 3 is 2.56 bits per heavy atom. The largest absolute Gasteiger partial charge is 0.494 e. The van der Waals surface area contributed by atoms with Crippen molar-refractivity contribution >= 4 is 23.2 Å². The van der Waals surface area contributed by atoms with Crippen LogP contribution in [0.2, 0.25) is 5.15 Å². The van der Waals surface area contributed by atoms with Gasteiger partial charge in [0.25, 0.3) is 5.91 Å². The van der Waals surface area contributed by atoms with Crippen LogP contribution in [0.5, 0.6) is 11.5 Å². The predicted octanol–water partition coefficient (Wildman–Crippen LogP) is 3.30. The van der Waals surface area contributed by atoms with E-state index in [1.165, 1.54) is 0 Å². The first kappa shape index (κ1) is 19.2. The number of methoxy groups -OCH3 is 1. The number of halogens is 1. The molecule has 1 aromatic heterocycles. The minimum absolute atomic E-state index is 0.107. The van der Waals surface area contributed by atoms with E-state index in [-0.39, 0.29) is 28.9 Å². The number of nitrogens with zero attached hydrogens (tertiary/aromatic N) is 2. The van der Waals surface area contributed by atoms with Crippen LogP contribution in [0, 0.1) is 0 Å². The summed E-state index contributed by atoms with van der Waals surface area (Å²) in [7, 11) is 3.49. The summed E-state index contributed by atoms with van der Waals surface area (Å²) in [4.78, 5) is 12.2. The third-order valence-corrected chi connectivity index (χ3v) is 4.82. The number of hydrogen-bond donors (Lipinski definition) is 2. The fourth-order valence-corrected chi connectivity index (χ4v) is 3.27. The molecule has 1 amide bonds. The second kappa shape index (κ2) is 8.90. The van der Waals surface area contributed by atoms with Gasteiger partial charge in [0.1, 0.15) is 11.5 Å². The molecule has 0 unspecified atom stereocenters. The molecule has 27 heavy (non-hydrogen) atoms. The van der Waals surface area contributed by atoms with Gasteiger partial charge in [0.05, 0.1) is 18.9 Å². The Kier molecular flexibility index (Phi) is 6.34. The maximum absolute atomic E-state index is 12.2. The van der Waals surface area contributed by atoms with Gasteiger partial charge in [-0.3, -0.25) is 4.79 Å². The van der Waals surface area contributed by atoms with Crippen molar-refractivity contribution in [2.45, 2.75) is 37.8 Å². The Morgan fingerprint density at radius 2 is 1.93 bits per heavy atom. The lowest BCUT2D eigenvalue weighted by molar-refractivity contribution is 0.0888. The van der Waals surface area contributed by atoms with E-state index in [2.05, 4.69) is 20.8 Å². The highest BCUT2D eigenvalue weighted by Crippen LogP contribution is 2.31. The van der Waals surface area contributed by atoms with Gasteiger partial charge in [-0.25, -0.2) is 0 Å². The van der Waals surface area contributed by atoms with Crippen molar-refractivity contribution in [3.8, 4) is 11.5 Å². The van der Waals surface area contributed by atoms with Crippen molar-refractivity contribution in [3.05, 3.63) is 41.2 Å². The molecule has 8 heteroatoms. The molecule has 144 valence electrons. The average Bonchev–Trinajstić information content (AvgIpc) is 2.69. The Morgan fingerprint density at radius 1 is 1.15 bits per heavy atom. The molecule has 1 saturated carbocycles. The quantitative estimate of drug-likeness (QED) is 0.787. The zero-order valence-electron chi connectivity index (χ0n) is 15.4. The van der Waals surface area contributed by atoms with Gasteiger partial charge >= 0.3 is 0 Å². The molecule has 1 aromatic carbocycles. The Labute approximate surface area is 163 Å². The first-order valence-electron chi connectivity index (χ1n) is 8.91. The van der Waals surface area contributed by atoms with Gasteiger partial charge in [0, 0.05) is 19.2 Å². The van der Waals surface area contributed by atoms with Gasteiger partial charge in [-0.2, -0.15) is 0 Å². The van der Waals surface area contributed by atoms with Gasteiger partial charge in [0.15, 0.2) is 10.8 Å². The first-order chi connectivity index (χ1) is 13.1. The monoisotopic (exact) mass is 390 g/mol. The SMILES string of the molecule is CNc1ccc(OC2CCC(NC(=O)c3ccc(Cl)nn3)CC2)cc1OC. The van der Waals surface area contributed by atoms with Gasteiger partial charge in [0.2, 0.25) is 0 Å². The number of carbonyl (C=O) groups is 1. The van der Waals surface area contributed by atoms with Crippen LogP contribution < -0.4 is 20.1 Å². The van der Waals surface area contributed by atoms with Crippen LogP contribution in [0.3, 0.4) is 0 Å². The van der Waals surface area contributed by atoms with E-state index >= 15 is 0 Å². The van der Waals surface area contributed by atoms with Gasteiger partial charge < -0.3 is 20.1 Å². The molecule has 1 heterocycles. The van der Waals surface area contributed by atoms with Crippen molar-refractivity contribution in [1.29, 1.82) is 0 Å². The second-order valence-corrected chi connectivity index (χ2v) is 6.81. The topological polar surface area (TPSA) is 85.4 Å². The number of benzene rings is 1. The summed E-state index contributed by atoms with van der Waals surface area (Å²) in [6.07, 6.45) is 3.56. The van der Waals surface area contributed by atoms with E-state index in [0.29, 0.717) is 0 Å². The standard InChI is InChI=1S/C19H23ClN4O3/c1-21-15-8-7-14(11-17(15)26-2)27-13-5-3-12(4-6-13)22-19(25)16-9-10-18(20)24-23-16/h7-13,21H,3-6H2,1-2H3,(H,22,25). The smallest absolute Gasteiger partial charge is 0.272 e. The fourth-order valence-electron chi connectivity index (χ4n) is 3.17. The average molecular weight is 391 g/mol. The molecule has 0 atom stereocenters. The maximum atomic E-state index is 12.2. The highest BCUT2D eigenvalue weighted by atomic mass is 35.5. The van der Waals surface area contributed by atoms with Crippen molar-refractivity contribution < 1.29 is 14.3 Å². The molecule has 1 aliphatic carbocycles. The molecular weight excluding hydrogens is 368 g/mol. The lowest BCUT2D eigenvalue weighted by atomic mass is 9.93. The molecule has 0 bridgehead atoms. The minimum Gasteiger partial charge on any atom is -0.494 e. The van der Waals surface area contributed by atoms with E-state index in [1.807, 2.05) is 25.2 Å². The summed E-state index contributed by atoms with van der Waals surface area (Å²) in [5.41, 5.74) is 1.19. The van der Waals surface area contributed by atoms with Crippen LogP contribution >= 0.6 is 11.6 Å². The molecule has 0 saturated heterocycles. The molecule has 2 aromatic rings. The van der Waals surface area contributed by atoms with Crippen molar-refractivity contribution in [3.63, 3.8) is 0 Å². The molecule has 3 rings (SSSR count). The summed E-state index contributed by atoms with van der Waals surface area (Å²) < 4.78 is 11.5. The second-order valence-electron chi connectivity index (χ2n) is 6.42. The number of hydrogen-bond acceptors (Lipinski definition) is 6. The molecular formula is C19H23ClN4O3. The number of nitrogens with one attached hydrogen (secondary N) is 2. The molecule has 2 N–H and O–H groups in total. The molecule has 0 aliphatic heterocycles. The molecule has 7 nitrogen and oxygen atoms in total. The van der Waals surface area contributed by atoms with E-state index < -0.39 is 0 Å². The highest BCUT2D eigenvalue weighted by molar-refractivity contribution is 6.29. The number of amides is 1. The van der Waals surface area contributed by atoms with E-state index in [0.717, 1.165) is 42.9 Å². The summed E-state index contributed by atoms with van der Waals surface area (Å²) in [6, 6.07) is 8.99. The molecule has 1 aliphatic rings. The molecule has 0 spiro atoms. The summed E-state index contributed by atoms with van der Waals surface area (Å²) in [5, 5.41) is 13.9. The van der Waals surface area contributed by atoms with Crippen LogP contribution in [0.25, 0.3) is 0 Å². The molecule has 1 fully saturated rings. The van der Waals surface area contributed by atoms with E-state index in [9.17, 15) is 4.79 Å². The van der Waals surface area contributed by atoms with Crippen LogP contribution in [-0.4, -0.2) is 42.4 Å². The van der Waals surface area contributed by atoms with E-state index in [4.69, 9.17) is 21.1 Å². The summed E-state index contributed by atoms with van der Waals surface area (Å²) >= 11 is 5.70. The number of anilines is 1. The van der Waals surface area contributed by atoms with Crippen LogP contribution in [0.1, 0.15) is 36.2 Å². The summed E-state index contributed by atoms with van der Waals surface area (Å²) in [5.74, 6) is 1.31. The Bertz CT molecular complexity index is 777. The normalized spacial score (nSPS) is 19.2. The lowest BCUT2D eigenvalue weighted by Gasteiger charge is -2.29. The fraction of sp³-hybridized carbons (Fsp3) is 0.421. The minimum atomic E-state index is -0.226. The van der Waals surface area contributed by atoms with Gasteiger partial charge in [-0.1, -0.05) is 11.6 Å². The Balaban J connectivity index is 1.50. The zero-order chi connectivity index (χ0) is 19.2. The zero-order valence-corrected chi connectivity index (χ0v) is 16.1. The number of aromatic nitrogens is 2. The molecule has 0 radical (unpaired) electrons. The number of ether oxygens (including phenoxy) is 2. The third-order valence-electron chi connectivity index (χ3n) is 4.62. The Hall–Kier alpha value is -2.54. The van der Waals surface area contributed by atoms with E-state index in [1.54, 1.807) is 19.2 Å². The van der Waals surface area contributed by atoms with Crippen LogP contribution in [0.4, 0.5) is 5.69 Å². The maximum Gasteiger partial charge on any atom is 0.272 e. The number of rotatable bonds is 6. The summed E-state index contributed by atoms with van der Waals surface area (Å²) in [6.45, 7) is 0. The van der Waals surface area contributed by atoms with Gasteiger partial charge in [-0.05, 0) is 49.9 Å². The number of carbonyl (C=O) groups excluding carboxylic acids is 1. The first-order valence-corrected chi connectivity index (χ1v) is 9.29. The van der Waals surface area contributed by atoms with Crippen molar-refractivity contribution in [1.82, 2.24) is 15.5 Å². The highest BCUT2D eigenvalue weighted by Gasteiger charge is 2.24. The third kappa shape index (κ3) is 5.01. The van der Waals surface area contributed by atoms with Crippen molar-refractivity contribution in [2.75, 3.05) is 19.5 Å². The van der Waals surface area contributed by atoms with Crippen LogP contribution in [0.15, 0.2) is 30.3 Å². The van der Waals surface area contributed by atoms with Gasteiger partial charge in [-0.15, -0.1) is 10.2 Å². The lowest BCUT2D eigenvalue weighted by Crippen LogP contribution is -2.40. The van der Waals surface area contributed by atoms with Crippen molar-refractivity contribution in [2.24, 2.45) is 0 Å². The predicted molar refractivity (Wildman–Crippen MR) is 104 cm³/mol.